The Morgan fingerprint density at radius 3 is 2.44 bits per heavy atom. The van der Waals surface area contributed by atoms with Crippen LogP contribution < -0.4 is 11.1 Å². The van der Waals surface area contributed by atoms with Crippen molar-refractivity contribution < 1.29 is 4.79 Å². The molecule has 1 amide bonds. The molecule has 0 aromatic carbocycles. The number of nitrogens with two attached hydrogens (primary N) is 1. The van der Waals surface area contributed by atoms with Gasteiger partial charge in [0.05, 0.1) is 0 Å². The highest BCUT2D eigenvalue weighted by molar-refractivity contribution is 5.76. The van der Waals surface area contributed by atoms with Gasteiger partial charge in [0.25, 0.3) is 0 Å². The molecular weight excluding hydrogens is 224 g/mol. The summed E-state index contributed by atoms with van der Waals surface area (Å²) in [6, 6.07) is 0.329. The lowest BCUT2D eigenvalue weighted by atomic mass is 9.87. The Morgan fingerprint density at radius 1 is 1.39 bits per heavy atom. The Balaban J connectivity index is 2.25. The molecule has 2 unspecified atom stereocenters. The van der Waals surface area contributed by atoms with Crippen LogP contribution in [-0.4, -0.2) is 18.0 Å². The molecule has 106 valence electrons. The second-order valence-electron chi connectivity index (χ2n) is 7.08. The SMILES string of the molecule is CCC(CC1CC1)NC(=O)CC(N)CC(C)(C)C. The van der Waals surface area contributed by atoms with E-state index in [0.717, 1.165) is 25.2 Å². The topological polar surface area (TPSA) is 55.1 Å². The predicted octanol–water partition coefficient (Wildman–Crippen LogP) is 2.83. The van der Waals surface area contributed by atoms with Gasteiger partial charge in [-0.05, 0) is 30.6 Å². The molecule has 0 aromatic heterocycles. The Bertz CT molecular complexity index is 266. The van der Waals surface area contributed by atoms with Gasteiger partial charge in [-0.1, -0.05) is 40.5 Å². The van der Waals surface area contributed by atoms with Gasteiger partial charge in [-0.2, -0.15) is 0 Å². The van der Waals surface area contributed by atoms with E-state index in [-0.39, 0.29) is 17.4 Å². The van der Waals surface area contributed by atoms with E-state index in [1.165, 1.54) is 12.8 Å². The summed E-state index contributed by atoms with van der Waals surface area (Å²) in [6.07, 6.45) is 6.21. The second kappa shape index (κ2) is 6.55. The van der Waals surface area contributed by atoms with Gasteiger partial charge < -0.3 is 11.1 Å². The van der Waals surface area contributed by atoms with Crippen molar-refractivity contribution >= 4 is 5.91 Å². The van der Waals surface area contributed by atoms with Crippen molar-refractivity contribution in [1.29, 1.82) is 0 Å². The normalized spacial score (nSPS) is 19.4. The van der Waals surface area contributed by atoms with Gasteiger partial charge in [-0.15, -0.1) is 0 Å². The summed E-state index contributed by atoms with van der Waals surface area (Å²) >= 11 is 0. The molecule has 1 rings (SSSR count). The molecule has 0 aliphatic heterocycles. The van der Waals surface area contributed by atoms with Crippen molar-refractivity contribution in [3.05, 3.63) is 0 Å². The predicted molar refractivity (Wildman–Crippen MR) is 76.2 cm³/mol. The first kappa shape index (κ1) is 15.5. The number of hydrogen-bond acceptors (Lipinski definition) is 2. The minimum absolute atomic E-state index is 0.0246. The molecule has 0 saturated heterocycles. The minimum atomic E-state index is -0.0246. The molecule has 0 radical (unpaired) electrons. The van der Waals surface area contributed by atoms with Crippen LogP contribution in [0.2, 0.25) is 0 Å². The van der Waals surface area contributed by atoms with Gasteiger partial charge in [0.15, 0.2) is 0 Å². The maximum absolute atomic E-state index is 11.9. The summed E-state index contributed by atoms with van der Waals surface area (Å²) in [7, 11) is 0. The van der Waals surface area contributed by atoms with E-state index >= 15 is 0 Å². The fraction of sp³-hybridized carbons (Fsp3) is 0.933. The van der Waals surface area contributed by atoms with Gasteiger partial charge in [0, 0.05) is 18.5 Å². The van der Waals surface area contributed by atoms with Crippen LogP contribution in [0.3, 0.4) is 0 Å². The second-order valence-corrected chi connectivity index (χ2v) is 7.08. The molecule has 3 nitrogen and oxygen atoms in total. The largest absolute Gasteiger partial charge is 0.353 e. The van der Waals surface area contributed by atoms with Crippen LogP contribution in [0.5, 0.6) is 0 Å². The maximum Gasteiger partial charge on any atom is 0.221 e. The summed E-state index contributed by atoms with van der Waals surface area (Å²) in [6.45, 7) is 8.62. The Hall–Kier alpha value is -0.570. The first-order chi connectivity index (χ1) is 8.30. The summed E-state index contributed by atoms with van der Waals surface area (Å²) in [5.41, 5.74) is 6.22. The molecule has 0 aromatic rings. The molecule has 1 saturated carbocycles. The zero-order valence-corrected chi connectivity index (χ0v) is 12.5. The van der Waals surface area contributed by atoms with Crippen molar-refractivity contribution in [3.8, 4) is 0 Å². The zero-order valence-electron chi connectivity index (χ0n) is 12.5. The number of amides is 1. The number of rotatable bonds is 7. The fourth-order valence-electron chi connectivity index (χ4n) is 2.47. The van der Waals surface area contributed by atoms with Gasteiger partial charge in [-0.25, -0.2) is 0 Å². The zero-order chi connectivity index (χ0) is 13.8. The molecule has 3 N–H and O–H groups in total. The molecule has 0 spiro atoms. The molecule has 1 fully saturated rings. The van der Waals surface area contributed by atoms with Crippen molar-refractivity contribution in [2.75, 3.05) is 0 Å². The van der Waals surface area contributed by atoms with E-state index < -0.39 is 0 Å². The third-order valence-electron chi connectivity index (χ3n) is 3.49. The molecular formula is C15H30N2O. The monoisotopic (exact) mass is 254 g/mol. The van der Waals surface area contributed by atoms with E-state index in [9.17, 15) is 4.79 Å². The van der Waals surface area contributed by atoms with Crippen molar-refractivity contribution in [2.24, 2.45) is 17.1 Å². The van der Waals surface area contributed by atoms with Crippen molar-refractivity contribution in [3.63, 3.8) is 0 Å². The van der Waals surface area contributed by atoms with Crippen molar-refractivity contribution in [1.82, 2.24) is 5.32 Å². The van der Waals surface area contributed by atoms with Crippen LogP contribution in [0, 0.1) is 11.3 Å². The average molecular weight is 254 g/mol. The van der Waals surface area contributed by atoms with Crippen molar-refractivity contribution in [2.45, 2.75) is 78.3 Å². The molecule has 18 heavy (non-hydrogen) atoms. The lowest BCUT2D eigenvalue weighted by Crippen LogP contribution is -2.39. The van der Waals surface area contributed by atoms with Gasteiger partial charge in [-0.3, -0.25) is 4.79 Å². The van der Waals surface area contributed by atoms with Crippen LogP contribution in [0.15, 0.2) is 0 Å². The van der Waals surface area contributed by atoms with Crippen LogP contribution in [0.1, 0.15) is 66.2 Å². The van der Waals surface area contributed by atoms with E-state index in [1.54, 1.807) is 0 Å². The van der Waals surface area contributed by atoms with Gasteiger partial charge in [0.2, 0.25) is 5.91 Å². The summed E-state index contributed by atoms with van der Waals surface area (Å²) < 4.78 is 0. The highest BCUT2D eigenvalue weighted by Gasteiger charge is 2.26. The minimum Gasteiger partial charge on any atom is -0.353 e. The van der Waals surface area contributed by atoms with E-state index in [0.29, 0.717) is 12.5 Å². The molecule has 0 bridgehead atoms. The van der Waals surface area contributed by atoms with E-state index in [2.05, 4.69) is 33.0 Å². The Labute approximate surface area is 112 Å². The standard InChI is InChI=1S/C15H30N2O/c1-5-13(8-11-6-7-11)17-14(18)9-12(16)10-15(2,3)4/h11-13H,5-10,16H2,1-4H3,(H,17,18). The summed E-state index contributed by atoms with van der Waals surface area (Å²) in [5, 5.41) is 3.14. The molecule has 2 atom stereocenters. The first-order valence-corrected chi connectivity index (χ1v) is 7.35. The molecule has 1 aliphatic carbocycles. The maximum atomic E-state index is 11.9. The first-order valence-electron chi connectivity index (χ1n) is 7.35. The average Bonchev–Trinajstić information content (AvgIpc) is 2.96. The number of hydrogen-bond donors (Lipinski definition) is 2. The van der Waals surface area contributed by atoms with E-state index in [1.807, 2.05) is 0 Å². The Kier molecular flexibility index (Phi) is 5.64. The van der Waals surface area contributed by atoms with Crippen LogP contribution in [-0.2, 0) is 4.79 Å². The molecule has 0 heterocycles. The highest BCUT2D eigenvalue weighted by Crippen LogP contribution is 2.34. The third kappa shape index (κ3) is 7.00. The van der Waals surface area contributed by atoms with Gasteiger partial charge >= 0.3 is 0 Å². The number of carbonyl (C=O) groups is 1. The number of carbonyl (C=O) groups excluding carboxylic acids is 1. The summed E-state index contributed by atoms with van der Waals surface area (Å²) in [4.78, 5) is 11.9. The van der Waals surface area contributed by atoms with Crippen LogP contribution in [0.25, 0.3) is 0 Å². The van der Waals surface area contributed by atoms with Crippen LogP contribution in [0.4, 0.5) is 0 Å². The van der Waals surface area contributed by atoms with Crippen LogP contribution >= 0.6 is 0 Å². The Morgan fingerprint density at radius 2 is 2.00 bits per heavy atom. The molecule has 3 heteroatoms. The fourth-order valence-corrected chi connectivity index (χ4v) is 2.47. The number of nitrogens with one attached hydrogen (secondary N) is 1. The molecule has 1 aliphatic rings. The quantitative estimate of drug-likeness (QED) is 0.734. The van der Waals surface area contributed by atoms with Gasteiger partial charge in [0.1, 0.15) is 0 Å². The lowest BCUT2D eigenvalue weighted by Gasteiger charge is -2.24. The lowest BCUT2D eigenvalue weighted by molar-refractivity contribution is -0.122. The third-order valence-corrected chi connectivity index (χ3v) is 3.49. The smallest absolute Gasteiger partial charge is 0.221 e. The van der Waals surface area contributed by atoms with E-state index in [4.69, 9.17) is 5.73 Å². The summed E-state index contributed by atoms with van der Waals surface area (Å²) in [5.74, 6) is 0.984. The highest BCUT2D eigenvalue weighted by atomic mass is 16.1.